The van der Waals surface area contributed by atoms with Gasteiger partial charge in [-0.1, -0.05) is 19.9 Å². The smallest absolute Gasteiger partial charge is 0.336 e. The van der Waals surface area contributed by atoms with Crippen LogP contribution in [0.4, 0.5) is 0 Å². The van der Waals surface area contributed by atoms with Gasteiger partial charge in [0.25, 0.3) is 0 Å². The molecule has 7 heteroatoms. The Morgan fingerprint density at radius 2 is 2.00 bits per heavy atom. The summed E-state index contributed by atoms with van der Waals surface area (Å²) in [4.78, 5) is 25.0. The number of hydrogen-bond donors (Lipinski definition) is 2. The molecule has 0 fully saturated rings. The number of aliphatic carboxylic acids is 1. The summed E-state index contributed by atoms with van der Waals surface area (Å²) in [5, 5.41) is 22.1. The van der Waals surface area contributed by atoms with Crippen molar-refractivity contribution in [3.8, 4) is 11.8 Å². The van der Waals surface area contributed by atoms with E-state index in [0.717, 1.165) is 0 Å². The minimum Gasteiger partial charge on any atom is -0.496 e. The summed E-state index contributed by atoms with van der Waals surface area (Å²) in [5.74, 6) is -2.36. The van der Waals surface area contributed by atoms with Gasteiger partial charge in [0.05, 0.1) is 42.4 Å². The molecule has 0 aliphatic carbocycles. The van der Waals surface area contributed by atoms with E-state index in [1.54, 1.807) is 26.0 Å². The van der Waals surface area contributed by atoms with Gasteiger partial charge in [0, 0.05) is 17.0 Å². The lowest BCUT2D eigenvalue weighted by atomic mass is 9.78. The number of hydrogen-bond acceptors (Lipinski definition) is 6. The van der Waals surface area contributed by atoms with Crippen LogP contribution in [0.3, 0.4) is 0 Å². The van der Waals surface area contributed by atoms with Crippen LogP contribution < -0.4 is 10.1 Å². The number of ether oxygens (including phenoxy) is 2. The molecule has 0 saturated heterocycles. The molecular formula is C21H24N2O5. The number of carbonyl (C=O) groups is 2. The van der Waals surface area contributed by atoms with E-state index in [-0.39, 0.29) is 23.7 Å². The normalized spacial score (nSPS) is 16.5. The number of nitriles is 1. The van der Waals surface area contributed by atoms with Crippen molar-refractivity contribution in [2.75, 3.05) is 13.7 Å². The Balaban J connectivity index is 2.85. The van der Waals surface area contributed by atoms with E-state index in [2.05, 4.69) is 5.32 Å². The number of carbonyl (C=O) groups excluding carboxylic acids is 1. The fourth-order valence-corrected chi connectivity index (χ4v) is 3.36. The Bertz CT molecular complexity index is 906. The van der Waals surface area contributed by atoms with Crippen molar-refractivity contribution in [2.45, 2.75) is 33.6 Å². The van der Waals surface area contributed by atoms with E-state index in [1.165, 1.54) is 13.2 Å². The molecule has 0 spiro atoms. The summed E-state index contributed by atoms with van der Waals surface area (Å²) in [6, 6.07) is 6.76. The highest BCUT2D eigenvalue weighted by Crippen LogP contribution is 2.43. The van der Waals surface area contributed by atoms with Crippen molar-refractivity contribution in [3.05, 3.63) is 51.9 Å². The lowest BCUT2D eigenvalue weighted by Gasteiger charge is -2.33. The van der Waals surface area contributed by atoms with E-state index in [4.69, 9.17) is 14.7 Å². The minimum absolute atomic E-state index is 0.0375. The van der Waals surface area contributed by atoms with Gasteiger partial charge in [0.2, 0.25) is 0 Å². The van der Waals surface area contributed by atoms with Crippen molar-refractivity contribution < 1.29 is 24.2 Å². The second kappa shape index (κ2) is 8.61. The third kappa shape index (κ3) is 3.86. The van der Waals surface area contributed by atoms with E-state index in [1.807, 2.05) is 19.9 Å². The van der Waals surface area contributed by atoms with E-state index in [0.29, 0.717) is 28.3 Å². The SMILES string of the molecule is CCOC(=O)C1=C(C(C)C)NC(C)=C(C(=O)O)C1c1ccc(C#N)cc1OC. The standard InChI is InChI=1S/C21H24N2O5/c1-6-28-21(26)18-17(14-8-7-13(10-22)9-15(14)27-5)16(20(24)25)12(4)23-19(18)11(2)3/h7-9,11,17,23H,6H2,1-5H3,(H,24,25). The number of dihydropyridines is 1. The highest BCUT2D eigenvalue weighted by atomic mass is 16.5. The van der Waals surface area contributed by atoms with Gasteiger partial charge in [0.15, 0.2) is 0 Å². The lowest BCUT2D eigenvalue weighted by Crippen LogP contribution is -2.34. The summed E-state index contributed by atoms with van der Waals surface area (Å²) in [6.45, 7) is 7.34. The van der Waals surface area contributed by atoms with Crippen LogP contribution in [0.15, 0.2) is 40.7 Å². The van der Waals surface area contributed by atoms with Gasteiger partial charge >= 0.3 is 11.9 Å². The molecule has 1 aromatic carbocycles. The van der Waals surface area contributed by atoms with Crippen molar-refractivity contribution in [1.29, 1.82) is 5.26 Å². The van der Waals surface area contributed by atoms with E-state index >= 15 is 0 Å². The number of esters is 1. The molecule has 0 radical (unpaired) electrons. The first kappa shape index (κ1) is 21.0. The molecule has 0 amide bonds. The molecule has 1 heterocycles. The van der Waals surface area contributed by atoms with E-state index in [9.17, 15) is 14.7 Å². The molecule has 1 aromatic rings. The second-order valence-electron chi connectivity index (χ2n) is 6.67. The molecule has 1 unspecified atom stereocenters. The quantitative estimate of drug-likeness (QED) is 0.726. The lowest BCUT2D eigenvalue weighted by molar-refractivity contribution is -0.139. The molecule has 2 N–H and O–H groups in total. The predicted molar refractivity (Wildman–Crippen MR) is 102 cm³/mol. The summed E-state index contributed by atoms with van der Waals surface area (Å²) < 4.78 is 10.7. The molecule has 7 nitrogen and oxygen atoms in total. The van der Waals surface area contributed by atoms with Gasteiger partial charge in [-0.2, -0.15) is 5.26 Å². The Morgan fingerprint density at radius 3 is 2.50 bits per heavy atom. The van der Waals surface area contributed by atoms with E-state index < -0.39 is 17.9 Å². The van der Waals surface area contributed by atoms with Crippen LogP contribution in [0.5, 0.6) is 5.75 Å². The topological polar surface area (TPSA) is 109 Å². The Labute approximate surface area is 164 Å². The average Bonchev–Trinajstić information content (AvgIpc) is 2.66. The maximum Gasteiger partial charge on any atom is 0.336 e. The zero-order valence-electron chi connectivity index (χ0n) is 16.6. The third-order valence-electron chi connectivity index (χ3n) is 4.57. The summed E-state index contributed by atoms with van der Waals surface area (Å²) in [5.41, 5.74) is 2.19. The monoisotopic (exact) mass is 384 g/mol. The number of allylic oxidation sites excluding steroid dienone is 2. The van der Waals surface area contributed by atoms with Gasteiger partial charge in [-0.3, -0.25) is 0 Å². The zero-order valence-corrected chi connectivity index (χ0v) is 16.6. The molecule has 1 aliphatic rings. The first-order chi connectivity index (χ1) is 13.3. The zero-order chi connectivity index (χ0) is 21.0. The fourth-order valence-electron chi connectivity index (χ4n) is 3.36. The second-order valence-corrected chi connectivity index (χ2v) is 6.67. The maximum absolute atomic E-state index is 12.9. The molecule has 0 saturated carbocycles. The van der Waals surface area contributed by atoms with Crippen LogP contribution in [0.25, 0.3) is 0 Å². The van der Waals surface area contributed by atoms with Gasteiger partial charge in [-0.05, 0) is 31.9 Å². The predicted octanol–water partition coefficient (Wildman–Crippen LogP) is 3.09. The van der Waals surface area contributed by atoms with Crippen LogP contribution >= 0.6 is 0 Å². The fraction of sp³-hybridized carbons (Fsp3) is 0.381. The van der Waals surface area contributed by atoms with Crippen LogP contribution in [-0.2, 0) is 14.3 Å². The van der Waals surface area contributed by atoms with Gasteiger partial charge in [0.1, 0.15) is 5.75 Å². The molecule has 2 rings (SSSR count). The van der Waals surface area contributed by atoms with Crippen LogP contribution in [0.1, 0.15) is 44.7 Å². The number of methoxy groups -OCH3 is 1. The van der Waals surface area contributed by atoms with Crippen LogP contribution in [-0.4, -0.2) is 30.8 Å². The number of benzene rings is 1. The summed E-state index contributed by atoms with van der Waals surface area (Å²) >= 11 is 0. The van der Waals surface area contributed by atoms with Gasteiger partial charge in [-0.15, -0.1) is 0 Å². The van der Waals surface area contributed by atoms with Crippen LogP contribution in [0, 0.1) is 17.2 Å². The highest BCUT2D eigenvalue weighted by molar-refractivity contribution is 5.99. The largest absolute Gasteiger partial charge is 0.496 e. The molecular weight excluding hydrogens is 360 g/mol. The van der Waals surface area contributed by atoms with Crippen molar-refractivity contribution in [2.24, 2.45) is 5.92 Å². The minimum atomic E-state index is -1.15. The maximum atomic E-state index is 12.9. The summed E-state index contributed by atoms with van der Waals surface area (Å²) in [6.07, 6.45) is 0. The number of rotatable bonds is 6. The van der Waals surface area contributed by atoms with Gasteiger partial charge < -0.3 is 19.9 Å². The van der Waals surface area contributed by atoms with Crippen molar-refractivity contribution in [1.82, 2.24) is 5.32 Å². The Morgan fingerprint density at radius 1 is 1.32 bits per heavy atom. The van der Waals surface area contributed by atoms with Crippen LogP contribution in [0.2, 0.25) is 0 Å². The van der Waals surface area contributed by atoms with Crippen molar-refractivity contribution >= 4 is 11.9 Å². The number of nitrogens with one attached hydrogen (secondary N) is 1. The highest BCUT2D eigenvalue weighted by Gasteiger charge is 2.40. The number of carboxylic acid groups (broad SMARTS) is 1. The number of nitrogens with zero attached hydrogens (tertiary/aromatic N) is 1. The Kier molecular flexibility index (Phi) is 6.47. The summed E-state index contributed by atoms with van der Waals surface area (Å²) in [7, 11) is 1.44. The third-order valence-corrected chi connectivity index (χ3v) is 4.57. The van der Waals surface area contributed by atoms with Crippen molar-refractivity contribution in [3.63, 3.8) is 0 Å². The Hall–Kier alpha value is -3.27. The molecule has 1 aliphatic heterocycles. The molecule has 0 aromatic heterocycles. The molecule has 0 bridgehead atoms. The molecule has 148 valence electrons. The first-order valence-electron chi connectivity index (χ1n) is 8.97. The first-order valence-corrected chi connectivity index (χ1v) is 8.97. The molecule has 28 heavy (non-hydrogen) atoms. The number of carboxylic acids is 1. The van der Waals surface area contributed by atoms with Gasteiger partial charge in [-0.25, -0.2) is 9.59 Å². The molecule has 1 atom stereocenters. The average molecular weight is 384 g/mol.